The molecular weight excluding hydrogens is 382 g/mol. The summed E-state index contributed by atoms with van der Waals surface area (Å²) in [6, 6.07) is 1.98. The van der Waals surface area contributed by atoms with Crippen LogP contribution in [0.3, 0.4) is 0 Å². The Labute approximate surface area is 177 Å². The van der Waals surface area contributed by atoms with Gasteiger partial charge in [0.2, 0.25) is 0 Å². The van der Waals surface area contributed by atoms with Crippen molar-refractivity contribution in [2.45, 2.75) is 58.4 Å². The van der Waals surface area contributed by atoms with E-state index in [4.69, 9.17) is 14.8 Å². The number of carbonyl (C=O) groups excluding carboxylic acids is 2. The van der Waals surface area contributed by atoms with E-state index < -0.39 is 0 Å². The van der Waals surface area contributed by atoms with E-state index in [0.29, 0.717) is 37.7 Å². The highest BCUT2D eigenvalue weighted by atomic mass is 16.5. The molecular formula is C22H31N5O3. The molecule has 2 fully saturated rings. The summed E-state index contributed by atoms with van der Waals surface area (Å²) in [6.07, 6.45) is 2.62. The van der Waals surface area contributed by atoms with Crippen LogP contribution in [0.1, 0.15) is 67.7 Å². The first-order valence-electron chi connectivity index (χ1n) is 10.7. The predicted octanol–water partition coefficient (Wildman–Crippen LogP) is 3.29. The zero-order valence-electron chi connectivity index (χ0n) is 18.6. The van der Waals surface area contributed by atoms with Crippen LogP contribution >= 0.6 is 0 Å². The molecule has 0 unspecified atom stereocenters. The van der Waals surface area contributed by atoms with Gasteiger partial charge >= 0.3 is 6.09 Å². The molecule has 1 saturated heterocycles. The molecule has 1 saturated carbocycles. The topological polar surface area (TPSA) is 80.6 Å². The second kappa shape index (κ2) is 7.56. The Bertz CT molecular complexity index is 987. The van der Waals surface area contributed by atoms with Gasteiger partial charge in [-0.2, -0.15) is 5.10 Å². The van der Waals surface area contributed by atoms with E-state index >= 15 is 0 Å². The van der Waals surface area contributed by atoms with Crippen molar-refractivity contribution in [3.8, 4) is 0 Å². The van der Waals surface area contributed by atoms with Crippen LogP contribution in [0, 0.1) is 6.92 Å². The van der Waals surface area contributed by atoms with Gasteiger partial charge in [0, 0.05) is 37.8 Å². The van der Waals surface area contributed by atoms with Crippen LogP contribution in [0.15, 0.2) is 6.07 Å². The third-order valence-corrected chi connectivity index (χ3v) is 5.91. The van der Waals surface area contributed by atoms with Gasteiger partial charge in [0.1, 0.15) is 0 Å². The van der Waals surface area contributed by atoms with Gasteiger partial charge in [-0.1, -0.05) is 0 Å². The number of hydrogen-bond donors (Lipinski definition) is 0. The number of methoxy groups -OCH3 is 1. The Hall–Kier alpha value is -2.64. The Morgan fingerprint density at radius 1 is 1.10 bits per heavy atom. The Balaban J connectivity index is 1.73. The van der Waals surface area contributed by atoms with Crippen LogP contribution in [0.5, 0.6) is 0 Å². The summed E-state index contributed by atoms with van der Waals surface area (Å²) in [7, 11) is 1.39. The van der Waals surface area contributed by atoms with Crippen LogP contribution in [-0.2, 0) is 10.3 Å². The molecule has 1 aliphatic heterocycles. The number of hydrogen-bond acceptors (Lipinski definition) is 5. The second-order valence-electron chi connectivity index (χ2n) is 9.34. The molecule has 0 atom stereocenters. The molecule has 8 heteroatoms. The van der Waals surface area contributed by atoms with E-state index in [-0.39, 0.29) is 17.5 Å². The molecule has 0 spiro atoms. The van der Waals surface area contributed by atoms with Crippen LogP contribution in [-0.4, -0.2) is 69.9 Å². The first kappa shape index (κ1) is 20.6. The van der Waals surface area contributed by atoms with Crippen molar-refractivity contribution in [2.75, 3.05) is 33.3 Å². The summed E-state index contributed by atoms with van der Waals surface area (Å²) in [5, 5.41) is 5.59. The van der Waals surface area contributed by atoms with Gasteiger partial charge in [-0.15, -0.1) is 0 Å². The normalized spacial score (nSPS) is 17.9. The van der Waals surface area contributed by atoms with Crippen molar-refractivity contribution in [3.63, 3.8) is 0 Å². The van der Waals surface area contributed by atoms with E-state index in [2.05, 4.69) is 20.8 Å². The maximum Gasteiger partial charge on any atom is 0.409 e. The molecule has 30 heavy (non-hydrogen) atoms. The van der Waals surface area contributed by atoms with Gasteiger partial charge in [0.05, 0.1) is 29.3 Å². The fraction of sp³-hybridized carbons (Fsp3) is 0.636. The standard InChI is InChI=1S/C22H31N5O3/c1-14-18-16(20(28)25-9-6-10-26(12-11-25)21(29)30-5)13-17(15-7-8-15)23-19(18)27(24-14)22(2,3)4/h13,15H,6-12H2,1-5H3. The molecule has 0 N–H and O–H groups in total. The summed E-state index contributed by atoms with van der Waals surface area (Å²) in [6.45, 7) is 10.4. The molecule has 0 radical (unpaired) electrons. The first-order chi connectivity index (χ1) is 14.2. The van der Waals surface area contributed by atoms with Gasteiger partial charge in [-0.3, -0.25) is 4.79 Å². The lowest BCUT2D eigenvalue weighted by atomic mass is 10.1. The fourth-order valence-electron chi connectivity index (χ4n) is 4.14. The number of aromatic nitrogens is 3. The zero-order valence-corrected chi connectivity index (χ0v) is 18.6. The SMILES string of the molecule is COC(=O)N1CCCN(C(=O)c2cc(C3CC3)nc3c2c(C)nn3C(C)(C)C)CC1. The summed E-state index contributed by atoms with van der Waals surface area (Å²) in [4.78, 5) is 34.0. The molecule has 0 bridgehead atoms. The van der Waals surface area contributed by atoms with E-state index in [0.717, 1.165) is 41.7 Å². The molecule has 1 aliphatic carbocycles. The third kappa shape index (κ3) is 3.75. The molecule has 4 rings (SSSR count). The van der Waals surface area contributed by atoms with Crippen LogP contribution in [0.2, 0.25) is 0 Å². The molecule has 0 aromatic carbocycles. The molecule has 2 aromatic heterocycles. The highest BCUT2D eigenvalue weighted by Crippen LogP contribution is 2.41. The Morgan fingerprint density at radius 2 is 1.77 bits per heavy atom. The number of aryl methyl sites for hydroxylation is 1. The molecule has 2 aromatic rings. The Morgan fingerprint density at radius 3 is 2.40 bits per heavy atom. The lowest BCUT2D eigenvalue weighted by Crippen LogP contribution is -2.37. The third-order valence-electron chi connectivity index (χ3n) is 5.91. The minimum Gasteiger partial charge on any atom is -0.453 e. The van der Waals surface area contributed by atoms with Gasteiger partial charge < -0.3 is 14.5 Å². The number of carbonyl (C=O) groups is 2. The maximum atomic E-state index is 13.6. The van der Waals surface area contributed by atoms with E-state index in [9.17, 15) is 9.59 Å². The van der Waals surface area contributed by atoms with Crippen LogP contribution < -0.4 is 0 Å². The molecule has 3 heterocycles. The number of fused-ring (bicyclic) bond motifs is 1. The number of rotatable bonds is 2. The minimum absolute atomic E-state index is 0.00687. The fourth-order valence-corrected chi connectivity index (χ4v) is 4.14. The lowest BCUT2D eigenvalue weighted by Gasteiger charge is -2.23. The van der Waals surface area contributed by atoms with Gasteiger partial charge in [-0.05, 0) is 53.0 Å². The van der Waals surface area contributed by atoms with Gasteiger partial charge in [0.25, 0.3) is 5.91 Å². The van der Waals surface area contributed by atoms with Crippen molar-refractivity contribution >= 4 is 23.0 Å². The van der Waals surface area contributed by atoms with Crippen molar-refractivity contribution in [1.29, 1.82) is 0 Å². The lowest BCUT2D eigenvalue weighted by molar-refractivity contribution is 0.0759. The maximum absolute atomic E-state index is 13.6. The summed E-state index contributed by atoms with van der Waals surface area (Å²) < 4.78 is 6.79. The monoisotopic (exact) mass is 413 g/mol. The second-order valence-corrected chi connectivity index (χ2v) is 9.34. The van der Waals surface area contributed by atoms with Crippen molar-refractivity contribution in [2.24, 2.45) is 0 Å². The highest BCUT2D eigenvalue weighted by molar-refractivity contribution is 6.06. The minimum atomic E-state index is -0.339. The van der Waals surface area contributed by atoms with Gasteiger partial charge in [-0.25, -0.2) is 14.5 Å². The van der Waals surface area contributed by atoms with Crippen molar-refractivity contribution in [1.82, 2.24) is 24.6 Å². The van der Waals surface area contributed by atoms with Crippen molar-refractivity contribution in [3.05, 3.63) is 23.0 Å². The molecule has 2 aliphatic rings. The van der Waals surface area contributed by atoms with E-state index in [1.165, 1.54) is 7.11 Å². The number of pyridine rings is 1. The number of ether oxygens (including phenoxy) is 1. The van der Waals surface area contributed by atoms with Gasteiger partial charge in [0.15, 0.2) is 5.65 Å². The highest BCUT2D eigenvalue weighted by Gasteiger charge is 2.32. The largest absolute Gasteiger partial charge is 0.453 e. The smallest absolute Gasteiger partial charge is 0.409 e. The number of nitrogens with zero attached hydrogens (tertiary/aromatic N) is 5. The number of amides is 2. The average Bonchev–Trinajstić information content (AvgIpc) is 3.52. The van der Waals surface area contributed by atoms with Crippen molar-refractivity contribution < 1.29 is 14.3 Å². The first-order valence-corrected chi connectivity index (χ1v) is 10.7. The molecule has 2 amide bonds. The van der Waals surface area contributed by atoms with Crippen LogP contribution in [0.4, 0.5) is 4.79 Å². The average molecular weight is 414 g/mol. The molecule has 162 valence electrons. The quantitative estimate of drug-likeness (QED) is 0.755. The summed E-state index contributed by atoms with van der Waals surface area (Å²) in [5.41, 5.74) is 3.05. The predicted molar refractivity (Wildman–Crippen MR) is 114 cm³/mol. The molecule has 8 nitrogen and oxygen atoms in total. The zero-order chi connectivity index (χ0) is 21.6. The summed E-state index contributed by atoms with van der Waals surface area (Å²) >= 11 is 0. The van der Waals surface area contributed by atoms with E-state index in [1.54, 1.807) is 4.90 Å². The summed E-state index contributed by atoms with van der Waals surface area (Å²) in [5.74, 6) is 0.427. The van der Waals surface area contributed by atoms with E-state index in [1.807, 2.05) is 22.6 Å². The Kier molecular flexibility index (Phi) is 5.20. The van der Waals surface area contributed by atoms with Crippen LogP contribution in [0.25, 0.3) is 11.0 Å².